The van der Waals surface area contributed by atoms with Crippen LogP contribution in [-0.4, -0.2) is 23.3 Å². The van der Waals surface area contributed by atoms with Gasteiger partial charge in [-0.2, -0.15) is 5.26 Å². The van der Waals surface area contributed by atoms with Crippen LogP contribution in [0.2, 0.25) is 0 Å². The first-order valence-corrected chi connectivity index (χ1v) is 6.24. The van der Waals surface area contributed by atoms with Gasteiger partial charge in [-0.15, -0.1) is 0 Å². The van der Waals surface area contributed by atoms with E-state index in [0.29, 0.717) is 11.4 Å². The van der Waals surface area contributed by atoms with E-state index in [4.69, 9.17) is 20.3 Å². The predicted molar refractivity (Wildman–Crippen MR) is 73.7 cm³/mol. The van der Waals surface area contributed by atoms with Crippen LogP contribution in [0.15, 0.2) is 12.3 Å². The molecule has 0 aliphatic carbocycles. The van der Waals surface area contributed by atoms with E-state index in [1.54, 1.807) is 6.20 Å². The fourth-order valence-corrected chi connectivity index (χ4v) is 1.87. The molecule has 5 nitrogen and oxygen atoms in total. The average Bonchev–Trinajstić information content (AvgIpc) is 2.51. The van der Waals surface area contributed by atoms with Gasteiger partial charge in [0.1, 0.15) is 5.82 Å². The lowest BCUT2D eigenvalue weighted by Crippen LogP contribution is -2.41. The first kappa shape index (κ1) is 13.8. The molecule has 0 amide bonds. The molecule has 1 aliphatic rings. The summed E-state index contributed by atoms with van der Waals surface area (Å²) in [5.74, 6) is 0.377. The van der Waals surface area contributed by atoms with Crippen LogP contribution in [0.5, 0.6) is 0 Å². The van der Waals surface area contributed by atoms with E-state index in [1.807, 2.05) is 33.8 Å². The predicted octanol–water partition coefficient (Wildman–Crippen LogP) is 1.03. The van der Waals surface area contributed by atoms with Crippen LogP contribution in [0.1, 0.15) is 33.3 Å². The molecular weight excluding hydrogens is 241 g/mol. The molecule has 1 aliphatic heterocycles. The number of nitriles is 1. The summed E-state index contributed by atoms with van der Waals surface area (Å²) in [4.78, 5) is 4.10. The van der Waals surface area contributed by atoms with Crippen molar-refractivity contribution in [2.24, 2.45) is 0 Å². The Labute approximate surface area is 113 Å². The lowest BCUT2D eigenvalue weighted by molar-refractivity contribution is 0.00578. The molecule has 2 heterocycles. The number of nitrogen functional groups attached to an aromatic ring is 1. The van der Waals surface area contributed by atoms with Crippen LogP contribution >= 0.6 is 0 Å². The Morgan fingerprint density at radius 3 is 2.42 bits per heavy atom. The van der Waals surface area contributed by atoms with Gasteiger partial charge in [-0.25, -0.2) is 4.98 Å². The third kappa shape index (κ3) is 2.44. The molecule has 100 valence electrons. The molecule has 0 spiro atoms. The van der Waals surface area contributed by atoms with Crippen molar-refractivity contribution >= 4 is 18.4 Å². The van der Waals surface area contributed by atoms with Gasteiger partial charge in [-0.3, -0.25) is 0 Å². The quantitative estimate of drug-likeness (QED) is 0.802. The summed E-state index contributed by atoms with van der Waals surface area (Å²) < 4.78 is 11.9. The Balaban J connectivity index is 2.30. The molecule has 1 aromatic heterocycles. The minimum absolute atomic E-state index is 0.228. The summed E-state index contributed by atoms with van der Waals surface area (Å²) in [6.45, 7) is 7.98. The highest BCUT2D eigenvalue weighted by Gasteiger charge is 2.51. The van der Waals surface area contributed by atoms with E-state index in [-0.39, 0.29) is 6.42 Å². The fourth-order valence-electron chi connectivity index (χ4n) is 1.87. The van der Waals surface area contributed by atoms with Gasteiger partial charge in [0, 0.05) is 17.2 Å². The molecule has 0 saturated carbocycles. The van der Waals surface area contributed by atoms with Crippen molar-refractivity contribution in [2.75, 3.05) is 5.73 Å². The zero-order chi connectivity index (χ0) is 14.3. The molecule has 0 aromatic carbocycles. The second kappa shape index (κ2) is 4.51. The molecule has 0 unspecified atom stereocenters. The fraction of sp³-hybridized carbons (Fsp3) is 0.538. The topological polar surface area (TPSA) is 81.2 Å². The molecule has 6 heteroatoms. The van der Waals surface area contributed by atoms with Crippen LogP contribution in [0, 0.1) is 11.3 Å². The normalized spacial score (nSPS) is 20.3. The van der Waals surface area contributed by atoms with Crippen molar-refractivity contribution in [3.05, 3.63) is 17.8 Å². The molecule has 19 heavy (non-hydrogen) atoms. The average molecular weight is 259 g/mol. The van der Waals surface area contributed by atoms with Gasteiger partial charge >= 0.3 is 7.12 Å². The van der Waals surface area contributed by atoms with E-state index in [1.165, 1.54) is 0 Å². The first-order valence-electron chi connectivity index (χ1n) is 6.24. The monoisotopic (exact) mass is 259 g/mol. The lowest BCUT2D eigenvalue weighted by atomic mass is 9.79. The highest BCUT2D eigenvalue weighted by atomic mass is 16.7. The minimum Gasteiger partial charge on any atom is -0.399 e. The zero-order valence-corrected chi connectivity index (χ0v) is 11.7. The maximum atomic E-state index is 8.77. The third-order valence-corrected chi connectivity index (χ3v) is 3.82. The molecule has 2 N–H and O–H groups in total. The smallest absolute Gasteiger partial charge is 0.399 e. The van der Waals surface area contributed by atoms with Crippen molar-refractivity contribution in [1.82, 2.24) is 4.98 Å². The van der Waals surface area contributed by atoms with Gasteiger partial charge in [-0.05, 0) is 27.7 Å². The Morgan fingerprint density at radius 1 is 1.32 bits per heavy atom. The van der Waals surface area contributed by atoms with E-state index < -0.39 is 18.3 Å². The van der Waals surface area contributed by atoms with Gasteiger partial charge < -0.3 is 15.0 Å². The van der Waals surface area contributed by atoms with Crippen molar-refractivity contribution < 1.29 is 9.31 Å². The van der Waals surface area contributed by atoms with E-state index in [2.05, 4.69) is 11.1 Å². The Bertz CT molecular complexity index is 521. The molecular formula is C13H18BN3O2. The highest BCUT2D eigenvalue weighted by molar-refractivity contribution is 6.62. The van der Waals surface area contributed by atoms with Gasteiger partial charge in [0.2, 0.25) is 0 Å². The SMILES string of the molecule is CC1(C)OB(c2cnc(N)c(CC#N)c2)OC1(C)C. The van der Waals surface area contributed by atoms with Crippen LogP contribution in [-0.2, 0) is 15.7 Å². The molecule has 2 rings (SSSR count). The van der Waals surface area contributed by atoms with Crippen molar-refractivity contribution in [2.45, 2.75) is 45.3 Å². The maximum Gasteiger partial charge on any atom is 0.496 e. The summed E-state index contributed by atoms with van der Waals surface area (Å²) in [6, 6.07) is 3.90. The molecule has 1 fully saturated rings. The summed E-state index contributed by atoms with van der Waals surface area (Å²) in [5, 5.41) is 8.77. The lowest BCUT2D eigenvalue weighted by Gasteiger charge is -2.32. The maximum absolute atomic E-state index is 8.77. The largest absolute Gasteiger partial charge is 0.496 e. The molecule has 0 atom stereocenters. The summed E-state index contributed by atoms with van der Waals surface area (Å²) in [6.07, 6.45) is 1.87. The second-order valence-corrected chi connectivity index (χ2v) is 5.74. The van der Waals surface area contributed by atoms with Crippen LogP contribution in [0.4, 0.5) is 5.82 Å². The van der Waals surface area contributed by atoms with Crippen LogP contribution in [0.3, 0.4) is 0 Å². The van der Waals surface area contributed by atoms with Gasteiger partial charge in [-0.1, -0.05) is 6.07 Å². The number of hydrogen-bond donors (Lipinski definition) is 1. The molecule has 0 radical (unpaired) electrons. The third-order valence-electron chi connectivity index (χ3n) is 3.82. The molecule has 1 saturated heterocycles. The van der Waals surface area contributed by atoms with Gasteiger partial charge in [0.25, 0.3) is 0 Å². The Hall–Kier alpha value is -1.58. The number of hydrogen-bond acceptors (Lipinski definition) is 5. The van der Waals surface area contributed by atoms with Crippen LogP contribution in [0.25, 0.3) is 0 Å². The number of nitrogens with zero attached hydrogens (tertiary/aromatic N) is 2. The zero-order valence-electron chi connectivity index (χ0n) is 11.7. The Morgan fingerprint density at radius 2 is 1.89 bits per heavy atom. The number of aromatic nitrogens is 1. The van der Waals surface area contributed by atoms with Gasteiger partial charge in [0.05, 0.1) is 23.7 Å². The summed E-state index contributed by atoms with van der Waals surface area (Å²) in [7, 11) is -0.476. The summed E-state index contributed by atoms with van der Waals surface area (Å²) in [5.41, 5.74) is 6.44. The van der Waals surface area contributed by atoms with E-state index in [0.717, 1.165) is 5.46 Å². The number of pyridine rings is 1. The van der Waals surface area contributed by atoms with Crippen molar-refractivity contribution in [3.8, 4) is 6.07 Å². The Kier molecular flexibility index (Phi) is 3.29. The van der Waals surface area contributed by atoms with E-state index in [9.17, 15) is 0 Å². The number of anilines is 1. The van der Waals surface area contributed by atoms with Crippen molar-refractivity contribution in [3.63, 3.8) is 0 Å². The highest BCUT2D eigenvalue weighted by Crippen LogP contribution is 2.36. The summed E-state index contributed by atoms with van der Waals surface area (Å²) >= 11 is 0. The number of rotatable bonds is 2. The minimum atomic E-state index is -0.476. The van der Waals surface area contributed by atoms with Crippen molar-refractivity contribution in [1.29, 1.82) is 5.26 Å². The molecule has 1 aromatic rings. The first-order chi connectivity index (χ1) is 8.77. The number of nitrogens with two attached hydrogens (primary N) is 1. The van der Waals surface area contributed by atoms with E-state index >= 15 is 0 Å². The standard InChI is InChI=1S/C13H18BN3O2/c1-12(2)13(3,4)19-14(18-12)10-7-9(5-6-15)11(16)17-8-10/h7-8H,5H2,1-4H3,(H2,16,17). The van der Waals surface area contributed by atoms with Crippen LogP contribution < -0.4 is 11.2 Å². The van der Waals surface area contributed by atoms with Gasteiger partial charge in [0.15, 0.2) is 0 Å². The second-order valence-electron chi connectivity index (χ2n) is 5.74. The molecule has 0 bridgehead atoms.